The van der Waals surface area contributed by atoms with Crippen LogP contribution >= 0.6 is 23.2 Å². The van der Waals surface area contributed by atoms with E-state index in [1.165, 1.54) is 30.3 Å². The Morgan fingerprint density at radius 3 is 2.48 bits per heavy atom. The Hall–Kier alpha value is -1.14. The zero-order valence-corrected chi connectivity index (χ0v) is 13.4. The van der Waals surface area contributed by atoms with Gasteiger partial charge in [0.1, 0.15) is 5.82 Å². The lowest BCUT2D eigenvalue weighted by molar-refractivity contribution is 0.574. The topological polar surface area (TPSA) is 46.2 Å². The number of benzene rings is 2. The van der Waals surface area contributed by atoms with Gasteiger partial charge in [-0.3, -0.25) is 0 Å². The van der Waals surface area contributed by atoms with Gasteiger partial charge in [-0.1, -0.05) is 35.3 Å². The molecule has 0 aliphatic heterocycles. The van der Waals surface area contributed by atoms with Gasteiger partial charge in [0.05, 0.1) is 4.90 Å². The van der Waals surface area contributed by atoms with E-state index in [0.717, 1.165) is 5.56 Å². The van der Waals surface area contributed by atoms with Crippen LogP contribution < -0.4 is 4.72 Å². The summed E-state index contributed by atoms with van der Waals surface area (Å²) >= 11 is 11.8. The molecule has 2 aromatic rings. The number of sulfonamides is 1. The first-order valence-electron chi connectivity index (χ1n) is 6.00. The van der Waals surface area contributed by atoms with Gasteiger partial charge < -0.3 is 0 Å². The molecule has 1 N–H and O–H groups in total. The number of rotatable bonds is 4. The molecule has 0 amide bonds. The standard InChI is InChI=1S/C14H12Cl2FNO2S/c1-9-5-6-10(7-13(9)16)21(19,20)18-8-11-12(15)3-2-4-14(11)17/h2-7,18H,8H2,1H3. The molecule has 112 valence electrons. The lowest BCUT2D eigenvalue weighted by Crippen LogP contribution is -2.24. The van der Waals surface area contributed by atoms with Crippen molar-refractivity contribution in [3.8, 4) is 0 Å². The summed E-state index contributed by atoms with van der Waals surface area (Å²) in [5.74, 6) is -0.563. The molecule has 0 spiro atoms. The van der Waals surface area contributed by atoms with E-state index in [2.05, 4.69) is 4.72 Å². The molecule has 0 unspecified atom stereocenters. The Bertz CT molecular complexity index is 758. The summed E-state index contributed by atoms with van der Waals surface area (Å²) in [5.41, 5.74) is 0.869. The molecule has 0 aromatic heterocycles. The van der Waals surface area contributed by atoms with Gasteiger partial charge in [0.15, 0.2) is 0 Å². The van der Waals surface area contributed by atoms with Crippen molar-refractivity contribution in [2.75, 3.05) is 0 Å². The highest BCUT2D eigenvalue weighted by atomic mass is 35.5. The molecule has 0 heterocycles. The molecule has 3 nitrogen and oxygen atoms in total. The van der Waals surface area contributed by atoms with E-state index in [9.17, 15) is 12.8 Å². The van der Waals surface area contributed by atoms with E-state index in [4.69, 9.17) is 23.2 Å². The van der Waals surface area contributed by atoms with Crippen molar-refractivity contribution in [2.45, 2.75) is 18.4 Å². The summed E-state index contributed by atoms with van der Waals surface area (Å²) in [6.07, 6.45) is 0. The third-order valence-corrected chi connectivity index (χ3v) is 5.11. The van der Waals surface area contributed by atoms with Gasteiger partial charge in [-0.25, -0.2) is 17.5 Å². The summed E-state index contributed by atoms with van der Waals surface area (Å²) in [6.45, 7) is 1.53. The van der Waals surface area contributed by atoms with Crippen LogP contribution in [0.2, 0.25) is 10.0 Å². The van der Waals surface area contributed by atoms with Crippen LogP contribution in [0.5, 0.6) is 0 Å². The fraction of sp³-hybridized carbons (Fsp3) is 0.143. The van der Waals surface area contributed by atoms with Crippen molar-refractivity contribution >= 4 is 33.2 Å². The zero-order chi connectivity index (χ0) is 15.6. The third kappa shape index (κ3) is 3.74. The highest BCUT2D eigenvalue weighted by Crippen LogP contribution is 2.22. The molecule has 7 heteroatoms. The number of hydrogen-bond donors (Lipinski definition) is 1. The first kappa shape index (κ1) is 16.2. The number of nitrogens with one attached hydrogen (secondary N) is 1. The maximum Gasteiger partial charge on any atom is 0.240 e. The molecule has 0 aliphatic rings. The Balaban J connectivity index is 2.24. The lowest BCUT2D eigenvalue weighted by atomic mass is 10.2. The van der Waals surface area contributed by atoms with Crippen LogP contribution in [-0.2, 0) is 16.6 Å². The molecule has 0 saturated carbocycles. The molecule has 0 atom stereocenters. The summed E-state index contributed by atoms with van der Waals surface area (Å²) in [5, 5.41) is 0.515. The average Bonchev–Trinajstić information content (AvgIpc) is 2.41. The lowest BCUT2D eigenvalue weighted by Gasteiger charge is -2.10. The summed E-state index contributed by atoms with van der Waals surface area (Å²) < 4.78 is 40.2. The van der Waals surface area contributed by atoms with E-state index in [-0.39, 0.29) is 22.0 Å². The van der Waals surface area contributed by atoms with Crippen molar-refractivity contribution < 1.29 is 12.8 Å². The molecule has 2 aromatic carbocycles. The highest BCUT2D eigenvalue weighted by molar-refractivity contribution is 7.89. The van der Waals surface area contributed by atoms with Crippen molar-refractivity contribution in [1.82, 2.24) is 4.72 Å². The Morgan fingerprint density at radius 1 is 1.14 bits per heavy atom. The van der Waals surface area contributed by atoms with E-state index < -0.39 is 15.8 Å². The second-order valence-electron chi connectivity index (χ2n) is 4.44. The minimum absolute atomic E-state index is 0.0190. The summed E-state index contributed by atoms with van der Waals surface area (Å²) in [4.78, 5) is 0.0190. The van der Waals surface area contributed by atoms with Crippen LogP contribution in [0.25, 0.3) is 0 Å². The van der Waals surface area contributed by atoms with Crippen molar-refractivity contribution in [2.24, 2.45) is 0 Å². The van der Waals surface area contributed by atoms with E-state index in [1.54, 1.807) is 13.0 Å². The molecule has 0 saturated heterocycles. The normalized spacial score (nSPS) is 11.6. The monoisotopic (exact) mass is 347 g/mol. The number of halogens is 3. The fourth-order valence-corrected chi connectivity index (χ4v) is 3.19. The Morgan fingerprint density at radius 2 is 1.86 bits per heavy atom. The molecule has 0 fully saturated rings. The SMILES string of the molecule is Cc1ccc(S(=O)(=O)NCc2c(F)cccc2Cl)cc1Cl. The van der Waals surface area contributed by atoms with Crippen LogP contribution in [0, 0.1) is 12.7 Å². The van der Waals surface area contributed by atoms with E-state index >= 15 is 0 Å². The van der Waals surface area contributed by atoms with Gasteiger partial charge >= 0.3 is 0 Å². The largest absolute Gasteiger partial charge is 0.240 e. The molecular weight excluding hydrogens is 336 g/mol. The number of aryl methyl sites for hydroxylation is 1. The fourth-order valence-electron chi connectivity index (χ4n) is 1.69. The molecule has 0 radical (unpaired) electrons. The van der Waals surface area contributed by atoms with Crippen LogP contribution in [0.15, 0.2) is 41.3 Å². The van der Waals surface area contributed by atoms with Gasteiger partial charge in [-0.05, 0) is 36.8 Å². The molecule has 21 heavy (non-hydrogen) atoms. The maximum absolute atomic E-state index is 13.6. The summed E-state index contributed by atoms with van der Waals surface area (Å²) in [7, 11) is -3.79. The minimum atomic E-state index is -3.79. The first-order valence-corrected chi connectivity index (χ1v) is 8.24. The Labute approximate surface area is 132 Å². The van der Waals surface area contributed by atoms with Crippen molar-refractivity contribution in [3.05, 3.63) is 63.4 Å². The maximum atomic E-state index is 13.6. The van der Waals surface area contributed by atoms with Crippen molar-refractivity contribution in [1.29, 1.82) is 0 Å². The van der Waals surface area contributed by atoms with Gasteiger partial charge in [0, 0.05) is 22.2 Å². The average molecular weight is 348 g/mol. The van der Waals surface area contributed by atoms with Gasteiger partial charge in [-0.2, -0.15) is 0 Å². The zero-order valence-electron chi connectivity index (χ0n) is 11.0. The highest BCUT2D eigenvalue weighted by Gasteiger charge is 2.16. The second kappa shape index (κ2) is 6.32. The van der Waals surface area contributed by atoms with Crippen LogP contribution in [-0.4, -0.2) is 8.42 Å². The first-order chi connectivity index (χ1) is 9.81. The van der Waals surface area contributed by atoms with Crippen LogP contribution in [0.1, 0.15) is 11.1 Å². The van der Waals surface area contributed by atoms with Gasteiger partial charge in [-0.15, -0.1) is 0 Å². The quantitative estimate of drug-likeness (QED) is 0.910. The predicted molar refractivity (Wildman–Crippen MR) is 81.6 cm³/mol. The number of hydrogen-bond acceptors (Lipinski definition) is 2. The third-order valence-electron chi connectivity index (χ3n) is 2.95. The van der Waals surface area contributed by atoms with E-state index in [1.807, 2.05) is 0 Å². The van der Waals surface area contributed by atoms with E-state index in [0.29, 0.717) is 5.02 Å². The molecule has 2 rings (SSSR count). The van der Waals surface area contributed by atoms with Crippen LogP contribution in [0.3, 0.4) is 0 Å². The minimum Gasteiger partial charge on any atom is -0.207 e. The molecule has 0 bridgehead atoms. The predicted octanol–water partition coefficient (Wildman–Crippen LogP) is 3.92. The molecular formula is C14H12Cl2FNO2S. The van der Waals surface area contributed by atoms with Gasteiger partial charge in [0.25, 0.3) is 0 Å². The van der Waals surface area contributed by atoms with Gasteiger partial charge in [0.2, 0.25) is 10.0 Å². The smallest absolute Gasteiger partial charge is 0.207 e. The summed E-state index contributed by atoms with van der Waals surface area (Å²) in [6, 6.07) is 8.56. The second-order valence-corrected chi connectivity index (χ2v) is 7.02. The Kier molecular flexibility index (Phi) is 4.88. The van der Waals surface area contributed by atoms with Crippen LogP contribution in [0.4, 0.5) is 4.39 Å². The van der Waals surface area contributed by atoms with Crippen molar-refractivity contribution in [3.63, 3.8) is 0 Å². The molecule has 0 aliphatic carbocycles.